The second-order valence-electron chi connectivity index (χ2n) is 7.97. The summed E-state index contributed by atoms with van der Waals surface area (Å²) >= 11 is 18.2. The average Bonchev–Trinajstić information content (AvgIpc) is 2.96. The maximum atomic E-state index is 13.0. The van der Waals surface area contributed by atoms with E-state index < -0.39 is 11.8 Å². The van der Waals surface area contributed by atoms with Crippen molar-refractivity contribution in [2.45, 2.75) is 19.8 Å². The van der Waals surface area contributed by atoms with Gasteiger partial charge in [0.05, 0.1) is 5.69 Å². The van der Waals surface area contributed by atoms with Crippen LogP contribution >= 0.6 is 34.8 Å². The molecule has 1 unspecified atom stereocenters. The smallest absolute Gasteiger partial charge is 0.283 e. The van der Waals surface area contributed by atoms with E-state index in [2.05, 4.69) is 12.2 Å². The molecule has 1 atom stereocenters. The number of amides is 3. The molecule has 0 radical (unpaired) electrons. The maximum Gasteiger partial charge on any atom is 0.283 e. The van der Waals surface area contributed by atoms with E-state index in [1.807, 2.05) is 4.90 Å². The molecule has 2 aromatic carbocycles. The van der Waals surface area contributed by atoms with Gasteiger partial charge in [-0.05, 0) is 55.2 Å². The van der Waals surface area contributed by atoms with E-state index in [0.29, 0.717) is 17.2 Å². The number of halogens is 3. The van der Waals surface area contributed by atoms with Crippen molar-refractivity contribution in [3.05, 3.63) is 68.8 Å². The average molecular weight is 493 g/mol. The topological polar surface area (TPSA) is 69.7 Å². The molecule has 166 valence electrons. The van der Waals surface area contributed by atoms with Crippen LogP contribution in [0.4, 0.5) is 11.4 Å². The molecule has 6 nitrogen and oxygen atoms in total. The molecule has 0 saturated carbocycles. The molecule has 2 aliphatic heterocycles. The molecule has 32 heavy (non-hydrogen) atoms. The van der Waals surface area contributed by atoms with Crippen LogP contribution < -0.4 is 10.2 Å². The third-order valence-electron chi connectivity index (χ3n) is 5.46. The molecule has 2 aliphatic rings. The van der Waals surface area contributed by atoms with E-state index in [1.165, 1.54) is 18.2 Å². The van der Waals surface area contributed by atoms with Crippen LogP contribution in [0.25, 0.3) is 0 Å². The van der Waals surface area contributed by atoms with E-state index in [-0.39, 0.29) is 32.4 Å². The quantitative estimate of drug-likeness (QED) is 0.588. The Balaban J connectivity index is 1.56. The third kappa shape index (κ3) is 4.49. The number of anilines is 2. The third-order valence-corrected chi connectivity index (χ3v) is 6.24. The minimum atomic E-state index is -0.688. The fourth-order valence-corrected chi connectivity index (χ4v) is 4.67. The van der Waals surface area contributed by atoms with E-state index >= 15 is 0 Å². The summed E-state index contributed by atoms with van der Waals surface area (Å²) in [6, 6.07) is 11.2. The van der Waals surface area contributed by atoms with E-state index in [1.54, 1.807) is 24.3 Å². The molecule has 9 heteroatoms. The minimum absolute atomic E-state index is 0.0655. The van der Waals surface area contributed by atoms with Crippen LogP contribution in [-0.2, 0) is 9.59 Å². The standard InChI is InChI=1S/C23H20Cl3N3O3/c1-13-4-3-7-28(12-13)21(30)14-5-2-6-17(8-14)27-20-19(26)22(31)29(23(20)32)18-10-15(24)9-16(25)11-18/h2,5-6,8-11,13,27H,3-4,7,12H2,1H3. The predicted molar refractivity (Wildman–Crippen MR) is 126 cm³/mol. The lowest BCUT2D eigenvalue weighted by atomic mass is 9.99. The van der Waals surface area contributed by atoms with Crippen LogP contribution in [0.3, 0.4) is 0 Å². The number of hydrogen-bond donors (Lipinski definition) is 1. The molecule has 2 heterocycles. The summed E-state index contributed by atoms with van der Waals surface area (Å²) in [5.74, 6) is -0.928. The lowest BCUT2D eigenvalue weighted by molar-refractivity contribution is -0.120. The van der Waals surface area contributed by atoms with E-state index in [4.69, 9.17) is 34.8 Å². The second-order valence-corrected chi connectivity index (χ2v) is 9.22. The second kappa shape index (κ2) is 9.14. The Kier molecular flexibility index (Phi) is 6.47. The Bertz CT molecular complexity index is 1130. The van der Waals surface area contributed by atoms with Gasteiger partial charge in [0.15, 0.2) is 0 Å². The Morgan fingerprint density at radius 3 is 2.44 bits per heavy atom. The first-order valence-corrected chi connectivity index (χ1v) is 11.3. The lowest BCUT2D eigenvalue weighted by Gasteiger charge is -2.31. The first-order valence-electron chi connectivity index (χ1n) is 10.2. The first-order chi connectivity index (χ1) is 15.2. The van der Waals surface area contributed by atoms with Crippen molar-refractivity contribution in [1.29, 1.82) is 0 Å². The zero-order chi connectivity index (χ0) is 23.0. The molecule has 1 fully saturated rings. The highest BCUT2D eigenvalue weighted by Crippen LogP contribution is 2.33. The van der Waals surface area contributed by atoms with Gasteiger partial charge in [-0.15, -0.1) is 0 Å². The zero-order valence-electron chi connectivity index (χ0n) is 17.2. The molecule has 3 amide bonds. The van der Waals surface area contributed by atoms with Gasteiger partial charge in [-0.3, -0.25) is 14.4 Å². The van der Waals surface area contributed by atoms with Crippen LogP contribution in [0.2, 0.25) is 10.0 Å². The molecular formula is C23H20Cl3N3O3. The van der Waals surface area contributed by atoms with Gasteiger partial charge in [0.25, 0.3) is 17.7 Å². The molecule has 0 spiro atoms. The van der Waals surface area contributed by atoms with Crippen molar-refractivity contribution in [1.82, 2.24) is 4.90 Å². The number of carbonyl (C=O) groups excluding carboxylic acids is 3. The van der Waals surface area contributed by atoms with Crippen molar-refractivity contribution < 1.29 is 14.4 Å². The maximum absolute atomic E-state index is 13.0. The summed E-state index contributed by atoms with van der Waals surface area (Å²) in [5.41, 5.74) is 1.11. The summed E-state index contributed by atoms with van der Waals surface area (Å²) < 4.78 is 0. The van der Waals surface area contributed by atoms with Gasteiger partial charge in [0.2, 0.25) is 0 Å². The van der Waals surface area contributed by atoms with Crippen molar-refractivity contribution in [3.63, 3.8) is 0 Å². The number of rotatable bonds is 4. The number of imide groups is 1. The van der Waals surface area contributed by atoms with Crippen LogP contribution in [-0.4, -0.2) is 35.7 Å². The fourth-order valence-electron chi connectivity index (χ4n) is 3.94. The molecule has 0 aliphatic carbocycles. The molecule has 1 N–H and O–H groups in total. The minimum Gasteiger partial charge on any atom is -0.350 e. The van der Waals surface area contributed by atoms with Crippen LogP contribution in [0, 0.1) is 5.92 Å². The van der Waals surface area contributed by atoms with Crippen LogP contribution in [0.5, 0.6) is 0 Å². The van der Waals surface area contributed by atoms with Crippen molar-refractivity contribution >= 4 is 63.9 Å². The van der Waals surface area contributed by atoms with Gasteiger partial charge in [-0.2, -0.15) is 0 Å². The summed E-state index contributed by atoms with van der Waals surface area (Å²) in [7, 11) is 0. The lowest BCUT2D eigenvalue weighted by Crippen LogP contribution is -2.39. The van der Waals surface area contributed by atoms with Crippen LogP contribution in [0.15, 0.2) is 53.2 Å². The number of hydrogen-bond acceptors (Lipinski definition) is 4. The number of carbonyl (C=O) groups is 3. The number of likely N-dealkylation sites (tertiary alicyclic amines) is 1. The zero-order valence-corrected chi connectivity index (χ0v) is 19.5. The molecular weight excluding hydrogens is 473 g/mol. The van der Waals surface area contributed by atoms with Gasteiger partial charge in [-0.1, -0.05) is 47.8 Å². The van der Waals surface area contributed by atoms with Gasteiger partial charge in [-0.25, -0.2) is 4.90 Å². The molecule has 4 rings (SSSR count). The van der Waals surface area contributed by atoms with Gasteiger partial charge in [0.1, 0.15) is 10.7 Å². The molecule has 0 bridgehead atoms. The van der Waals surface area contributed by atoms with Gasteiger partial charge >= 0.3 is 0 Å². The van der Waals surface area contributed by atoms with E-state index in [9.17, 15) is 14.4 Å². The molecule has 0 aromatic heterocycles. The van der Waals surface area contributed by atoms with Gasteiger partial charge in [0, 0.05) is 34.4 Å². The van der Waals surface area contributed by atoms with E-state index in [0.717, 1.165) is 30.8 Å². The monoisotopic (exact) mass is 491 g/mol. The Morgan fingerprint density at radius 2 is 1.75 bits per heavy atom. The normalized spacial score (nSPS) is 19.1. The Hall–Kier alpha value is -2.54. The summed E-state index contributed by atoms with van der Waals surface area (Å²) in [4.78, 5) is 41.3. The highest BCUT2D eigenvalue weighted by atomic mass is 35.5. The summed E-state index contributed by atoms with van der Waals surface area (Å²) in [6.45, 7) is 3.58. The largest absolute Gasteiger partial charge is 0.350 e. The predicted octanol–water partition coefficient (Wildman–Crippen LogP) is 5.30. The highest BCUT2D eigenvalue weighted by Gasteiger charge is 2.39. The number of benzene rings is 2. The highest BCUT2D eigenvalue weighted by molar-refractivity contribution is 6.53. The van der Waals surface area contributed by atoms with Crippen molar-refractivity contribution in [2.24, 2.45) is 5.92 Å². The Morgan fingerprint density at radius 1 is 1.03 bits per heavy atom. The SMILES string of the molecule is CC1CCCN(C(=O)c2cccc(NC3=C(Cl)C(=O)N(c4cc(Cl)cc(Cl)c4)C3=O)c2)C1. The Labute approximate surface area is 200 Å². The van der Waals surface area contributed by atoms with Crippen LogP contribution in [0.1, 0.15) is 30.1 Å². The van der Waals surface area contributed by atoms with Gasteiger partial charge < -0.3 is 10.2 Å². The summed E-state index contributed by atoms with van der Waals surface area (Å²) in [5, 5.41) is 3.21. The summed E-state index contributed by atoms with van der Waals surface area (Å²) in [6.07, 6.45) is 2.09. The van der Waals surface area contributed by atoms with Crippen molar-refractivity contribution in [3.8, 4) is 0 Å². The molecule has 2 aromatic rings. The van der Waals surface area contributed by atoms with Crippen molar-refractivity contribution in [2.75, 3.05) is 23.3 Å². The number of nitrogens with zero attached hydrogens (tertiary/aromatic N) is 2. The number of nitrogens with one attached hydrogen (secondary N) is 1. The fraction of sp³-hybridized carbons (Fsp3) is 0.261. The number of piperidine rings is 1. The molecule has 1 saturated heterocycles. The first kappa shape index (κ1) is 22.6.